The lowest BCUT2D eigenvalue weighted by Crippen LogP contribution is -2.22. The van der Waals surface area contributed by atoms with Crippen molar-refractivity contribution in [3.05, 3.63) is 96.4 Å². The molecule has 0 amide bonds. The lowest BCUT2D eigenvalue weighted by molar-refractivity contribution is 0.306. The van der Waals surface area contributed by atoms with Crippen LogP contribution >= 0.6 is 0 Å². The molecule has 0 radical (unpaired) electrons. The number of nitrogens with zero attached hydrogens (tertiary/aromatic N) is 2. The molecule has 0 atom stereocenters. The molecule has 2 aromatic rings. The Morgan fingerprint density at radius 1 is 1.07 bits per heavy atom. The van der Waals surface area contributed by atoms with Crippen LogP contribution in [0.1, 0.15) is 49.8 Å². The Kier molecular flexibility index (Phi) is 7.41. The van der Waals surface area contributed by atoms with Crippen LogP contribution in [0, 0.1) is 11.3 Å². The molecule has 0 N–H and O–H groups in total. The van der Waals surface area contributed by atoms with Crippen molar-refractivity contribution in [2.75, 3.05) is 6.61 Å². The smallest absolute Gasteiger partial charge is 0.137 e. The molecule has 1 aliphatic rings. The van der Waals surface area contributed by atoms with E-state index in [0.717, 1.165) is 37.1 Å². The van der Waals surface area contributed by atoms with E-state index < -0.39 is 5.41 Å². The van der Waals surface area contributed by atoms with Crippen molar-refractivity contribution < 1.29 is 4.74 Å². The molecule has 0 spiro atoms. The van der Waals surface area contributed by atoms with E-state index in [0.29, 0.717) is 6.61 Å². The van der Waals surface area contributed by atoms with E-state index in [-0.39, 0.29) is 5.92 Å². The number of aromatic nitrogens is 1. The number of nitriles is 1. The number of pyridine rings is 1. The molecule has 1 aromatic heterocycles. The normalized spacial score (nSPS) is 20.6. The van der Waals surface area contributed by atoms with Gasteiger partial charge in [-0.05, 0) is 43.4 Å². The van der Waals surface area contributed by atoms with Crippen molar-refractivity contribution in [2.24, 2.45) is 0 Å². The molecule has 3 heteroatoms. The van der Waals surface area contributed by atoms with Crippen LogP contribution in [0.3, 0.4) is 0 Å². The minimum absolute atomic E-state index is 0.187. The second-order valence-electron chi connectivity index (χ2n) is 7.24. The average Bonchev–Trinajstić information content (AvgIpc) is 2.79. The summed E-state index contributed by atoms with van der Waals surface area (Å²) in [5.41, 5.74) is 1.11. The summed E-state index contributed by atoms with van der Waals surface area (Å²) in [7, 11) is 0. The predicted octanol–water partition coefficient (Wildman–Crippen LogP) is 6.27. The molecule has 0 bridgehead atoms. The van der Waals surface area contributed by atoms with Gasteiger partial charge in [0.05, 0.1) is 24.6 Å². The Morgan fingerprint density at radius 3 is 2.52 bits per heavy atom. The van der Waals surface area contributed by atoms with Crippen molar-refractivity contribution in [3.8, 4) is 11.8 Å². The Morgan fingerprint density at radius 2 is 1.86 bits per heavy atom. The molecule has 0 aliphatic heterocycles. The summed E-state index contributed by atoms with van der Waals surface area (Å²) in [6.45, 7) is 2.83. The topological polar surface area (TPSA) is 45.9 Å². The SMILES string of the molecule is CC/C=C\CCCCOc1ccc(C2(C#N)C=CC(c3ccccc3)C=C2)nc1. The summed E-state index contributed by atoms with van der Waals surface area (Å²) >= 11 is 0. The van der Waals surface area contributed by atoms with Crippen LogP contribution in [0.15, 0.2) is 85.1 Å². The third-order valence-electron chi connectivity index (χ3n) is 5.10. The molecule has 3 rings (SSSR count). The van der Waals surface area contributed by atoms with Crippen LogP contribution in [0.25, 0.3) is 0 Å². The van der Waals surface area contributed by atoms with Crippen LogP contribution in [0.5, 0.6) is 5.75 Å². The molecule has 148 valence electrons. The van der Waals surface area contributed by atoms with Gasteiger partial charge in [0.15, 0.2) is 0 Å². The highest BCUT2D eigenvalue weighted by atomic mass is 16.5. The van der Waals surface area contributed by atoms with E-state index in [2.05, 4.69) is 54.4 Å². The van der Waals surface area contributed by atoms with Crippen LogP contribution in [-0.2, 0) is 5.41 Å². The molecule has 29 heavy (non-hydrogen) atoms. The van der Waals surface area contributed by atoms with Gasteiger partial charge in [-0.25, -0.2) is 0 Å². The van der Waals surface area contributed by atoms with E-state index in [4.69, 9.17) is 4.74 Å². The second kappa shape index (κ2) is 10.4. The number of rotatable bonds is 9. The van der Waals surface area contributed by atoms with Crippen molar-refractivity contribution in [1.82, 2.24) is 4.98 Å². The van der Waals surface area contributed by atoms with Crippen LogP contribution in [0.4, 0.5) is 0 Å². The molecule has 1 heterocycles. The number of hydrogen-bond donors (Lipinski definition) is 0. The maximum Gasteiger partial charge on any atom is 0.137 e. The first kappa shape index (κ1) is 20.6. The average molecular weight is 385 g/mol. The highest BCUT2D eigenvalue weighted by molar-refractivity contribution is 5.47. The summed E-state index contributed by atoms with van der Waals surface area (Å²) in [5, 5.41) is 9.85. The van der Waals surface area contributed by atoms with Crippen molar-refractivity contribution >= 4 is 0 Å². The lowest BCUT2D eigenvalue weighted by atomic mass is 9.78. The van der Waals surface area contributed by atoms with Gasteiger partial charge >= 0.3 is 0 Å². The van der Waals surface area contributed by atoms with Gasteiger partial charge in [-0.3, -0.25) is 4.98 Å². The molecule has 0 saturated carbocycles. The first-order valence-electron chi connectivity index (χ1n) is 10.4. The molecule has 3 nitrogen and oxygen atoms in total. The molecular weight excluding hydrogens is 356 g/mol. The van der Waals surface area contributed by atoms with Gasteiger partial charge in [0.25, 0.3) is 0 Å². The van der Waals surface area contributed by atoms with Crippen molar-refractivity contribution in [1.29, 1.82) is 5.26 Å². The summed E-state index contributed by atoms with van der Waals surface area (Å²) in [6.07, 6.45) is 18.6. The summed E-state index contributed by atoms with van der Waals surface area (Å²) < 4.78 is 5.79. The first-order valence-corrected chi connectivity index (χ1v) is 10.4. The predicted molar refractivity (Wildman–Crippen MR) is 118 cm³/mol. The number of ether oxygens (including phenoxy) is 1. The van der Waals surface area contributed by atoms with Crippen molar-refractivity contribution in [2.45, 2.75) is 43.9 Å². The molecule has 1 aromatic carbocycles. The van der Waals surface area contributed by atoms with E-state index in [1.165, 1.54) is 5.56 Å². The van der Waals surface area contributed by atoms with Gasteiger partial charge in [0, 0.05) is 5.92 Å². The quantitative estimate of drug-likeness (QED) is 0.378. The molecular formula is C26H28N2O. The van der Waals surface area contributed by atoms with Gasteiger partial charge in [0.1, 0.15) is 11.2 Å². The fourth-order valence-electron chi connectivity index (χ4n) is 3.38. The monoisotopic (exact) mass is 384 g/mol. The van der Waals surface area contributed by atoms with Gasteiger partial charge in [-0.1, -0.05) is 73.7 Å². The number of allylic oxidation sites excluding steroid dienone is 6. The zero-order valence-corrected chi connectivity index (χ0v) is 17.0. The molecule has 0 fully saturated rings. The zero-order chi connectivity index (χ0) is 20.4. The van der Waals surface area contributed by atoms with Crippen LogP contribution in [0.2, 0.25) is 0 Å². The molecule has 0 unspecified atom stereocenters. The van der Waals surface area contributed by atoms with Gasteiger partial charge in [0.2, 0.25) is 0 Å². The van der Waals surface area contributed by atoms with Gasteiger partial charge < -0.3 is 4.74 Å². The fraction of sp³-hybridized carbons (Fsp3) is 0.308. The van der Waals surface area contributed by atoms with E-state index >= 15 is 0 Å². The number of benzene rings is 1. The highest BCUT2D eigenvalue weighted by Crippen LogP contribution is 2.34. The number of hydrogen-bond acceptors (Lipinski definition) is 3. The minimum Gasteiger partial charge on any atom is -0.492 e. The van der Waals surface area contributed by atoms with E-state index in [1.54, 1.807) is 6.20 Å². The first-order chi connectivity index (χ1) is 14.3. The van der Waals surface area contributed by atoms with Crippen LogP contribution < -0.4 is 4.74 Å². The molecule has 1 aliphatic carbocycles. The van der Waals surface area contributed by atoms with E-state index in [1.807, 2.05) is 42.5 Å². The summed E-state index contributed by atoms with van der Waals surface area (Å²) in [4.78, 5) is 4.52. The summed E-state index contributed by atoms with van der Waals surface area (Å²) in [5.74, 6) is 0.935. The second-order valence-corrected chi connectivity index (χ2v) is 7.24. The van der Waals surface area contributed by atoms with E-state index in [9.17, 15) is 5.26 Å². The Bertz CT molecular complexity index is 875. The van der Waals surface area contributed by atoms with Gasteiger partial charge in [-0.15, -0.1) is 0 Å². The Balaban J connectivity index is 1.58. The van der Waals surface area contributed by atoms with Gasteiger partial charge in [-0.2, -0.15) is 5.26 Å². The Hall–Kier alpha value is -3.12. The number of unbranched alkanes of at least 4 members (excludes halogenated alkanes) is 2. The third kappa shape index (κ3) is 5.45. The highest BCUT2D eigenvalue weighted by Gasteiger charge is 2.31. The lowest BCUT2D eigenvalue weighted by Gasteiger charge is -2.24. The maximum absolute atomic E-state index is 9.85. The maximum atomic E-state index is 9.85. The standard InChI is InChI=1S/C26H28N2O/c1-2-3-4-5-6-10-19-29-24-13-14-25(28-20-24)26(21-27)17-15-23(16-18-26)22-11-8-7-9-12-22/h3-4,7-9,11-18,20,23H,2,5-6,10,19H2,1H3/b4-3-. The Labute approximate surface area is 174 Å². The van der Waals surface area contributed by atoms with Crippen LogP contribution in [-0.4, -0.2) is 11.6 Å². The summed E-state index contributed by atoms with van der Waals surface area (Å²) in [6, 6.07) is 16.5. The zero-order valence-electron chi connectivity index (χ0n) is 17.0. The third-order valence-corrected chi connectivity index (χ3v) is 5.10. The molecule has 0 saturated heterocycles. The van der Waals surface area contributed by atoms with Crippen molar-refractivity contribution in [3.63, 3.8) is 0 Å². The minimum atomic E-state index is -0.824. The largest absolute Gasteiger partial charge is 0.492 e. The fourth-order valence-corrected chi connectivity index (χ4v) is 3.38.